The Morgan fingerprint density at radius 3 is 2.21 bits per heavy atom. The van der Waals surface area contributed by atoms with Crippen molar-refractivity contribution in [2.45, 2.75) is 73.9 Å². The highest BCUT2D eigenvalue weighted by atomic mass is 32.2. The van der Waals surface area contributed by atoms with Crippen molar-refractivity contribution in [1.29, 1.82) is 0 Å². The maximum Gasteiger partial charge on any atom is 0.270 e. The van der Waals surface area contributed by atoms with Gasteiger partial charge in [0, 0.05) is 50.9 Å². The Kier molecular flexibility index (Phi) is 9.72. The predicted molar refractivity (Wildman–Crippen MR) is 193 cm³/mol. The molecule has 48 heavy (non-hydrogen) atoms. The maximum absolute atomic E-state index is 13.7. The third-order valence-corrected chi connectivity index (χ3v) is 11.0. The number of thiophene rings is 1. The summed E-state index contributed by atoms with van der Waals surface area (Å²) in [6, 6.07) is 26.8. The van der Waals surface area contributed by atoms with E-state index in [2.05, 4.69) is 5.32 Å². The van der Waals surface area contributed by atoms with Crippen LogP contribution in [0.4, 0.5) is 10.7 Å². The van der Waals surface area contributed by atoms with Gasteiger partial charge in [0.1, 0.15) is 5.00 Å². The van der Waals surface area contributed by atoms with Gasteiger partial charge in [0.25, 0.3) is 11.6 Å². The molecule has 0 spiro atoms. The highest BCUT2D eigenvalue weighted by molar-refractivity contribution is 7.99. The van der Waals surface area contributed by atoms with Crippen LogP contribution in [0.2, 0.25) is 0 Å². The Balaban J connectivity index is 1.26. The molecule has 2 aliphatic carbocycles. The second kappa shape index (κ2) is 14.6. The summed E-state index contributed by atoms with van der Waals surface area (Å²) in [4.78, 5) is 41.8. The van der Waals surface area contributed by atoms with Gasteiger partial charge in [-0.1, -0.05) is 79.9 Å². The number of non-ortho nitro benzene ring substituents is 1. The van der Waals surface area contributed by atoms with Gasteiger partial charge >= 0.3 is 0 Å². The molecule has 2 heterocycles. The second-order valence-electron chi connectivity index (χ2n) is 12.2. The molecule has 7 rings (SSSR count). The molecule has 0 unspecified atom stereocenters. The molecule has 10 heteroatoms. The van der Waals surface area contributed by atoms with E-state index in [9.17, 15) is 14.9 Å². The van der Waals surface area contributed by atoms with Crippen LogP contribution in [0.1, 0.15) is 71.3 Å². The van der Waals surface area contributed by atoms with Crippen molar-refractivity contribution in [1.82, 2.24) is 15.3 Å². The average Bonchev–Trinajstić information content (AvgIpc) is 3.51. The minimum atomic E-state index is -0.404. The molecule has 5 aromatic rings. The van der Waals surface area contributed by atoms with Crippen LogP contribution in [0.15, 0.2) is 100.0 Å². The summed E-state index contributed by atoms with van der Waals surface area (Å²) in [6.45, 7) is 0. The lowest BCUT2D eigenvalue weighted by Gasteiger charge is -2.23. The third-order valence-electron chi connectivity index (χ3n) is 8.89. The monoisotopic (exact) mass is 673 g/mol. The van der Waals surface area contributed by atoms with Crippen molar-refractivity contribution in [3.63, 3.8) is 0 Å². The molecule has 0 atom stereocenters. The number of carbonyl (C=O) groups is 1. The van der Waals surface area contributed by atoms with Crippen molar-refractivity contribution in [3.8, 4) is 22.5 Å². The average molecular weight is 674 g/mol. The number of nitrogens with one attached hydrogen (secondary N) is 1. The second-order valence-corrected chi connectivity index (χ2v) is 14.3. The van der Waals surface area contributed by atoms with E-state index >= 15 is 0 Å². The molecular weight excluding hydrogens is 639 g/mol. The Hall–Kier alpha value is -4.67. The topological polar surface area (TPSA) is 110 Å². The van der Waals surface area contributed by atoms with E-state index in [1.165, 1.54) is 35.2 Å². The van der Waals surface area contributed by atoms with Crippen LogP contribution in [-0.2, 0) is 12.8 Å². The number of carbonyl (C=O) groups excluding carboxylic acids is 1. The number of aliphatic imine (C=N–C) groups is 1. The number of aryl methyl sites for hydroxylation is 1. The Labute approximate surface area is 287 Å². The number of nitro benzene ring substituents is 1. The summed E-state index contributed by atoms with van der Waals surface area (Å²) >= 11 is 2.90. The molecule has 0 radical (unpaired) electrons. The molecule has 0 bridgehead atoms. The van der Waals surface area contributed by atoms with Gasteiger partial charge in [-0.3, -0.25) is 14.9 Å². The first-order valence-corrected chi connectivity index (χ1v) is 18.1. The maximum atomic E-state index is 13.7. The quantitative estimate of drug-likeness (QED) is 0.0722. The van der Waals surface area contributed by atoms with Crippen molar-refractivity contribution in [2.75, 3.05) is 0 Å². The summed E-state index contributed by atoms with van der Waals surface area (Å²) < 4.78 is 0. The fraction of sp³-hybridized carbons (Fsp3) is 0.263. The summed E-state index contributed by atoms with van der Waals surface area (Å²) in [5.41, 5.74) is 5.79. The fourth-order valence-corrected chi connectivity index (χ4v) is 8.52. The molecule has 2 aromatic heterocycles. The lowest BCUT2D eigenvalue weighted by molar-refractivity contribution is -0.384. The van der Waals surface area contributed by atoms with Gasteiger partial charge in [-0.05, 0) is 68.0 Å². The number of nitrogens with zero attached hydrogens (tertiary/aromatic N) is 4. The Bertz CT molecular complexity index is 1910. The van der Waals surface area contributed by atoms with Crippen LogP contribution >= 0.6 is 23.1 Å². The molecule has 3 aromatic carbocycles. The number of amides is 1. The van der Waals surface area contributed by atoms with Gasteiger partial charge in [-0.2, -0.15) is 0 Å². The number of hydrogen-bond donors (Lipinski definition) is 1. The predicted octanol–water partition coefficient (Wildman–Crippen LogP) is 9.62. The number of nitro groups is 1. The highest BCUT2D eigenvalue weighted by Gasteiger charge is 2.27. The van der Waals surface area contributed by atoms with E-state index in [1.54, 1.807) is 23.6 Å². The SMILES string of the molecule is O=C(NC1CCCCC1)c1c(N=Cc2cc([N+](=O)[O-])ccc2Sc2nc(-c3ccccc3)cc(-c3ccccc3)n2)sc2c1CCCC2. The minimum Gasteiger partial charge on any atom is -0.349 e. The first kappa shape index (κ1) is 31.9. The summed E-state index contributed by atoms with van der Waals surface area (Å²) in [5, 5.41) is 16.3. The van der Waals surface area contributed by atoms with Crippen molar-refractivity contribution >= 4 is 45.9 Å². The minimum absolute atomic E-state index is 0.0366. The molecule has 0 aliphatic heterocycles. The van der Waals surface area contributed by atoms with Crippen LogP contribution < -0.4 is 5.32 Å². The molecule has 8 nitrogen and oxygen atoms in total. The normalized spacial score (nSPS) is 14.9. The largest absolute Gasteiger partial charge is 0.349 e. The number of aromatic nitrogens is 2. The third kappa shape index (κ3) is 7.24. The number of fused-ring (bicyclic) bond motifs is 1. The molecule has 2 aliphatic rings. The van der Waals surface area contributed by atoms with E-state index in [1.807, 2.05) is 66.7 Å². The molecular formula is C38H35N5O3S2. The Morgan fingerprint density at radius 1 is 0.875 bits per heavy atom. The number of benzene rings is 3. The molecule has 1 saturated carbocycles. The van der Waals surface area contributed by atoms with Gasteiger partial charge in [-0.15, -0.1) is 11.3 Å². The molecule has 1 N–H and O–H groups in total. The molecule has 1 amide bonds. The van der Waals surface area contributed by atoms with E-state index in [-0.39, 0.29) is 17.6 Å². The van der Waals surface area contributed by atoms with E-state index in [0.29, 0.717) is 21.3 Å². The van der Waals surface area contributed by atoms with Crippen LogP contribution in [0.5, 0.6) is 0 Å². The smallest absolute Gasteiger partial charge is 0.270 e. The van der Waals surface area contributed by atoms with Crippen molar-refractivity contribution < 1.29 is 9.72 Å². The van der Waals surface area contributed by atoms with Gasteiger partial charge in [-0.25, -0.2) is 15.0 Å². The zero-order valence-corrected chi connectivity index (χ0v) is 28.1. The Morgan fingerprint density at radius 2 is 1.54 bits per heavy atom. The van der Waals surface area contributed by atoms with Gasteiger partial charge < -0.3 is 5.32 Å². The standard InChI is InChI=1S/C38H35N5O3S2/c44-36(40-28-16-8-3-9-17-28)35-30-18-10-11-19-34(30)47-37(35)39-24-27-22-29(43(45)46)20-21-33(27)48-38-41-31(25-12-4-1-5-13-25)23-32(42-38)26-14-6-2-7-15-26/h1-2,4-7,12-15,20-24,28H,3,8-11,16-19H2,(H,40,44). The molecule has 242 valence electrons. The lowest BCUT2D eigenvalue weighted by atomic mass is 9.93. The van der Waals surface area contributed by atoms with Crippen molar-refractivity contribution in [2.24, 2.45) is 4.99 Å². The highest BCUT2D eigenvalue weighted by Crippen LogP contribution is 2.41. The van der Waals surface area contributed by atoms with Crippen LogP contribution in [0.25, 0.3) is 22.5 Å². The zero-order chi connectivity index (χ0) is 32.9. The van der Waals surface area contributed by atoms with E-state index in [0.717, 1.165) is 84.3 Å². The van der Waals surface area contributed by atoms with Crippen LogP contribution in [0.3, 0.4) is 0 Å². The van der Waals surface area contributed by atoms with Crippen LogP contribution in [0, 0.1) is 10.1 Å². The van der Waals surface area contributed by atoms with Crippen LogP contribution in [-0.4, -0.2) is 33.1 Å². The summed E-state index contributed by atoms with van der Waals surface area (Å²) in [5.74, 6) is -0.0540. The first-order valence-electron chi connectivity index (χ1n) is 16.5. The van der Waals surface area contributed by atoms with Gasteiger partial charge in [0.05, 0.1) is 21.9 Å². The van der Waals surface area contributed by atoms with E-state index < -0.39 is 4.92 Å². The van der Waals surface area contributed by atoms with Gasteiger partial charge in [0.2, 0.25) is 0 Å². The number of rotatable bonds is 9. The van der Waals surface area contributed by atoms with Crippen molar-refractivity contribution in [3.05, 3.63) is 117 Å². The lowest BCUT2D eigenvalue weighted by Crippen LogP contribution is -2.36. The van der Waals surface area contributed by atoms with Gasteiger partial charge in [0.15, 0.2) is 5.16 Å². The summed E-state index contributed by atoms with van der Waals surface area (Å²) in [7, 11) is 0. The molecule has 0 saturated heterocycles. The summed E-state index contributed by atoms with van der Waals surface area (Å²) in [6.07, 6.45) is 11.1. The molecule has 1 fully saturated rings. The number of hydrogen-bond acceptors (Lipinski definition) is 8. The zero-order valence-electron chi connectivity index (χ0n) is 26.4. The first-order chi connectivity index (χ1) is 23.5. The van der Waals surface area contributed by atoms with E-state index in [4.69, 9.17) is 15.0 Å². The fourth-order valence-electron chi connectivity index (χ4n) is 6.44.